The molecule has 0 aliphatic carbocycles. The lowest BCUT2D eigenvalue weighted by Gasteiger charge is -2.39. The molecule has 2 saturated heterocycles. The number of benzene rings is 3. The molecule has 3 aromatic carbocycles. The molecule has 30 heteroatoms. The molecule has 19 nitrogen and oxygen atoms in total. The molecule has 0 unspecified atom stereocenters. The van der Waals surface area contributed by atoms with Crippen molar-refractivity contribution >= 4 is 44.1 Å². The number of sulfonamides is 2. The van der Waals surface area contributed by atoms with Crippen LogP contribution in [0.4, 0.5) is 49.1 Å². The van der Waals surface area contributed by atoms with Gasteiger partial charge in [-0.05, 0) is 108 Å². The van der Waals surface area contributed by atoms with Gasteiger partial charge < -0.3 is 43.9 Å². The summed E-state index contributed by atoms with van der Waals surface area (Å²) < 4.78 is 187. The molecule has 2 aliphatic rings. The Morgan fingerprint density at radius 2 is 0.861 bits per heavy atom. The molecule has 0 saturated carbocycles. The van der Waals surface area contributed by atoms with E-state index in [-0.39, 0.29) is 32.7 Å². The third kappa shape index (κ3) is 17.5. The van der Waals surface area contributed by atoms with Crippen LogP contribution >= 0.6 is 0 Å². The Hall–Kier alpha value is -6.27. The minimum Gasteiger partial charge on any atom is -0.480 e. The summed E-state index contributed by atoms with van der Waals surface area (Å²) in [4.78, 5) is 51.2. The lowest BCUT2D eigenvalue weighted by atomic mass is 10.1. The van der Waals surface area contributed by atoms with Gasteiger partial charge in [0.2, 0.25) is 26.0 Å². The fourth-order valence-corrected chi connectivity index (χ4v) is 9.66. The second-order valence-electron chi connectivity index (χ2n) is 17.4. The van der Waals surface area contributed by atoms with Gasteiger partial charge in [-0.15, -0.1) is 39.5 Å². The van der Waals surface area contributed by atoms with Crippen LogP contribution in [0.5, 0.6) is 17.2 Å². The Morgan fingerprint density at radius 1 is 0.542 bits per heavy atom. The number of aliphatic carboxylic acids is 1. The second-order valence-corrected chi connectivity index (χ2v) is 21.2. The van der Waals surface area contributed by atoms with E-state index in [4.69, 9.17) is 9.47 Å². The summed E-state index contributed by atoms with van der Waals surface area (Å²) >= 11 is 0. The third-order valence-corrected chi connectivity index (χ3v) is 13.3. The highest BCUT2D eigenvalue weighted by molar-refractivity contribution is 7.89. The average molecular weight is 1080 g/mol. The van der Waals surface area contributed by atoms with Crippen LogP contribution in [-0.2, 0) is 45.7 Å². The van der Waals surface area contributed by atoms with Crippen molar-refractivity contribution in [1.29, 1.82) is 0 Å². The lowest BCUT2D eigenvalue weighted by molar-refractivity contribution is -0.275. The minimum absolute atomic E-state index is 0.118. The van der Waals surface area contributed by atoms with Gasteiger partial charge in [0.25, 0.3) is 0 Å². The number of piperazine rings is 2. The van der Waals surface area contributed by atoms with E-state index in [2.05, 4.69) is 19.5 Å². The van der Waals surface area contributed by atoms with Crippen LogP contribution in [0.15, 0.2) is 82.6 Å². The van der Waals surface area contributed by atoms with Crippen molar-refractivity contribution in [3.63, 3.8) is 0 Å². The topological polar surface area (TPSA) is 228 Å². The standard InChI is InChI=1S/C25H27F6N3O7S.C17H21F3N2O7S/c1-23(2,3)41-22(36)33-12-13-34(42(37,38)19-10-8-18(9-11-19)40-25(29,30)31)20(15-33)21(35)32-14-16-4-6-17(7-5-16)39-24(26,27)28;1-16(2,3)29-15(25)21-8-9-22(13(10-21)14(23)24)30(26,27)12-6-4-11(5-7-12)28-17(18,19)20/h4-11,20H,12-15H2,1-3H3,(H,32,35);4-7,13H,8-10H2,1-3H3,(H,23,24)/t20-;13-/m11/s1. The van der Waals surface area contributed by atoms with Crippen LogP contribution in [0.25, 0.3) is 0 Å². The number of amides is 3. The number of alkyl halides is 9. The number of nitrogens with one attached hydrogen (secondary N) is 1. The highest BCUT2D eigenvalue weighted by Crippen LogP contribution is 2.30. The van der Waals surface area contributed by atoms with Crippen LogP contribution in [0.3, 0.4) is 0 Å². The molecule has 2 N–H and O–H groups in total. The van der Waals surface area contributed by atoms with Crippen molar-refractivity contribution < 1.29 is 104 Å². The maximum absolute atomic E-state index is 13.5. The zero-order chi connectivity index (χ0) is 54.4. The Labute approximate surface area is 406 Å². The molecular weight excluding hydrogens is 1030 g/mol. The summed E-state index contributed by atoms with van der Waals surface area (Å²) in [6.07, 6.45) is -16.4. The highest BCUT2D eigenvalue weighted by atomic mass is 32.2. The fraction of sp³-hybridized carbons (Fsp3) is 0.476. The van der Waals surface area contributed by atoms with Crippen molar-refractivity contribution in [1.82, 2.24) is 23.7 Å². The van der Waals surface area contributed by atoms with Crippen LogP contribution in [0.2, 0.25) is 0 Å². The van der Waals surface area contributed by atoms with Gasteiger partial charge in [0, 0.05) is 39.3 Å². The van der Waals surface area contributed by atoms with Gasteiger partial charge in [-0.25, -0.2) is 26.4 Å². The minimum atomic E-state index is -4.99. The van der Waals surface area contributed by atoms with Gasteiger partial charge in [-0.1, -0.05) is 12.1 Å². The predicted molar refractivity (Wildman–Crippen MR) is 230 cm³/mol. The van der Waals surface area contributed by atoms with Crippen molar-refractivity contribution in [2.45, 2.75) is 100 Å². The van der Waals surface area contributed by atoms with E-state index in [1.165, 1.54) is 12.1 Å². The molecular formula is C42H48F9N5O14S2. The highest BCUT2D eigenvalue weighted by Gasteiger charge is 2.44. The molecule has 3 amide bonds. The largest absolute Gasteiger partial charge is 0.573 e. The van der Waals surface area contributed by atoms with E-state index in [1.807, 2.05) is 0 Å². The van der Waals surface area contributed by atoms with Crippen LogP contribution in [-0.4, -0.2) is 146 Å². The number of halogens is 9. The second kappa shape index (κ2) is 22.2. The van der Waals surface area contributed by atoms with E-state index in [9.17, 15) is 80.6 Å². The molecule has 0 radical (unpaired) electrons. The van der Waals surface area contributed by atoms with Gasteiger partial charge in [0.05, 0.1) is 16.3 Å². The summed E-state index contributed by atoms with van der Waals surface area (Å²) in [5, 5.41) is 12.0. The van der Waals surface area contributed by atoms with E-state index in [1.54, 1.807) is 41.5 Å². The molecule has 0 bridgehead atoms. The quantitative estimate of drug-likeness (QED) is 0.191. The number of ether oxygens (including phenoxy) is 5. The zero-order valence-corrected chi connectivity index (χ0v) is 40.4. The number of carboxylic acid groups (broad SMARTS) is 1. The van der Waals surface area contributed by atoms with Crippen LogP contribution in [0, 0.1) is 0 Å². The Kier molecular flexibility index (Phi) is 18.0. The normalized spacial score (nSPS) is 17.7. The first kappa shape index (κ1) is 58.3. The van der Waals surface area contributed by atoms with E-state index >= 15 is 0 Å². The molecule has 2 aliphatic heterocycles. The number of hydrogen-bond acceptors (Lipinski definition) is 13. The Bertz CT molecular complexity index is 2610. The number of hydrogen-bond donors (Lipinski definition) is 2. The first-order valence-corrected chi connectivity index (χ1v) is 23.8. The average Bonchev–Trinajstić information content (AvgIpc) is 3.23. The smallest absolute Gasteiger partial charge is 0.480 e. The summed E-state index contributed by atoms with van der Waals surface area (Å²) in [5.74, 6) is -4.09. The van der Waals surface area contributed by atoms with Crippen molar-refractivity contribution in [3.05, 3.63) is 78.4 Å². The molecule has 5 rings (SSSR count). The van der Waals surface area contributed by atoms with Gasteiger partial charge in [0.1, 0.15) is 40.5 Å². The van der Waals surface area contributed by atoms with Gasteiger partial charge in [-0.3, -0.25) is 9.59 Å². The van der Waals surface area contributed by atoms with Gasteiger partial charge >= 0.3 is 37.2 Å². The zero-order valence-electron chi connectivity index (χ0n) is 38.8. The molecule has 3 aromatic rings. The summed E-state index contributed by atoms with van der Waals surface area (Å²) in [7, 11) is -8.84. The Balaban J connectivity index is 0.000000331. The molecule has 2 atom stereocenters. The van der Waals surface area contributed by atoms with Crippen molar-refractivity contribution in [2.24, 2.45) is 0 Å². The summed E-state index contributed by atoms with van der Waals surface area (Å²) in [5.41, 5.74) is -1.35. The van der Waals surface area contributed by atoms with E-state index < -0.39 is 127 Å². The van der Waals surface area contributed by atoms with Gasteiger partial charge in [0.15, 0.2) is 0 Å². The Morgan fingerprint density at radius 3 is 1.18 bits per heavy atom. The molecule has 0 aromatic heterocycles. The summed E-state index contributed by atoms with van der Waals surface area (Å²) in [6, 6.07) is 8.26. The number of carbonyl (C=O) groups is 4. The van der Waals surface area contributed by atoms with Gasteiger partial charge in [-0.2, -0.15) is 8.61 Å². The maximum atomic E-state index is 13.5. The van der Waals surface area contributed by atoms with E-state index in [0.717, 1.165) is 74.8 Å². The number of nitrogens with zero attached hydrogens (tertiary/aromatic N) is 4. The van der Waals surface area contributed by atoms with Crippen LogP contribution in [0.1, 0.15) is 47.1 Å². The monoisotopic (exact) mass is 1080 g/mol. The maximum Gasteiger partial charge on any atom is 0.573 e. The van der Waals surface area contributed by atoms with Crippen molar-refractivity contribution in [3.8, 4) is 17.2 Å². The fourth-order valence-electron chi connectivity index (χ4n) is 6.52. The number of carbonyl (C=O) groups excluding carboxylic acids is 3. The van der Waals surface area contributed by atoms with Crippen molar-refractivity contribution in [2.75, 3.05) is 39.3 Å². The van der Waals surface area contributed by atoms with E-state index in [0.29, 0.717) is 9.87 Å². The van der Waals surface area contributed by atoms with Crippen LogP contribution < -0.4 is 19.5 Å². The molecule has 0 spiro atoms. The SMILES string of the molecule is CC(C)(C)OC(=O)N1CCN(S(=O)(=O)c2ccc(OC(F)(F)F)cc2)[C@@H](C(=O)NCc2ccc(OC(F)(F)F)cc2)C1.CC(C)(C)OC(=O)N1CCN(S(=O)(=O)c2ccc(OC(F)(F)F)cc2)[C@@H](C(=O)O)C1. The lowest BCUT2D eigenvalue weighted by Crippen LogP contribution is -2.61. The molecule has 2 heterocycles. The number of rotatable bonds is 11. The molecule has 400 valence electrons. The molecule has 2 fully saturated rings. The summed E-state index contributed by atoms with van der Waals surface area (Å²) in [6.45, 7) is 7.69. The predicted octanol–water partition coefficient (Wildman–Crippen LogP) is 6.69. The third-order valence-electron chi connectivity index (χ3n) is 9.51. The first-order valence-electron chi connectivity index (χ1n) is 20.9. The number of carboxylic acids is 1. The first-order chi connectivity index (χ1) is 32.8. The molecule has 72 heavy (non-hydrogen) atoms.